The molecule has 14 heteroatoms. The van der Waals surface area contributed by atoms with Gasteiger partial charge in [-0.05, 0) is 45.2 Å². The quantitative estimate of drug-likeness (QED) is 0.319. The van der Waals surface area contributed by atoms with E-state index < -0.39 is 41.0 Å². The average molecular weight is 595 g/mol. The molecule has 0 aromatic carbocycles. The van der Waals surface area contributed by atoms with E-state index in [9.17, 15) is 18.4 Å². The normalized spacial score (nSPS) is 23.0. The Balaban J connectivity index is 1.48. The summed E-state index contributed by atoms with van der Waals surface area (Å²) in [5.41, 5.74) is 0.584. The minimum atomic E-state index is -2.91. The number of aromatic nitrogens is 3. The number of anilines is 2. The van der Waals surface area contributed by atoms with Gasteiger partial charge in [-0.15, -0.1) is 12.6 Å². The molecular formula is C27H36F2N6O5S. The van der Waals surface area contributed by atoms with Crippen molar-refractivity contribution in [3.63, 3.8) is 0 Å². The van der Waals surface area contributed by atoms with Crippen LogP contribution in [-0.2, 0) is 9.47 Å². The maximum absolute atomic E-state index is 13.6. The van der Waals surface area contributed by atoms with Gasteiger partial charge in [0.1, 0.15) is 18.1 Å². The van der Waals surface area contributed by atoms with Gasteiger partial charge < -0.3 is 19.5 Å². The molecule has 2 aromatic rings. The number of nitrogens with one attached hydrogen (secondary N) is 2. The Kier molecular flexibility index (Phi) is 9.04. The first kappa shape index (κ1) is 30.8. The molecule has 0 spiro atoms. The molecule has 3 atom stereocenters. The van der Waals surface area contributed by atoms with Gasteiger partial charge in [-0.25, -0.2) is 28.5 Å². The van der Waals surface area contributed by atoms with E-state index in [4.69, 9.17) is 14.2 Å². The van der Waals surface area contributed by atoms with E-state index in [1.807, 2.05) is 13.8 Å². The molecule has 224 valence electrons. The van der Waals surface area contributed by atoms with Crippen LogP contribution in [0.2, 0.25) is 0 Å². The molecule has 2 aliphatic rings. The average Bonchev–Trinajstić information content (AvgIpc) is 3.40. The van der Waals surface area contributed by atoms with Gasteiger partial charge in [-0.2, -0.15) is 0 Å². The smallest absolute Gasteiger partial charge is 0.328 e. The van der Waals surface area contributed by atoms with E-state index in [1.165, 1.54) is 23.4 Å². The standard InChI is InChI=1S/C27H36F2N6O5S/c1-6-8-17(7-2)35(22-16(3)9-10-18(32-22)23(36)33-19-11-27(19,28)29)24(37)34-20-12-31-21(13-30-20)38-14-26(41)15-39-25(4,5)40-26/h9-10,12-13,17,19,41H,6-8,11,14-15H2,1-5H3,(H,33,36)(H,30,34,37)/t17?,19?,26-/m0/s1. The van der Waals surface area contributed by atoms with Crippen molar-refractivity contribution in [1.29, 1.82) is 0 Å². The summed E-state index contributed by atoms with van der Waals surface area (Å²) in [5.74, 6) is -3.77. The first-order valence-corrected chi connectivity index (χ1v) is 14.0. The van der Waals surface area contributed by atoms with Crippen molar-refractivity contribution in [2.45, 2.75) is 89.0 Å². The number of amides is 3. The van der Waals surface area contributed by atoms with Crippen LogP contribution in [0, 0.1) is 6.92 Å². The second-order valence-electron chi connectivity index (χ2n) is 10.7. The van der Waals surface area contributed by atoms with Gasteiger partial charge in [0.15, 0.2) is 16.5 Å². The van der Waals surface area contributed by atoms with E-state index in [2.05, 4.69) is 38.2 Å². The molecule has 1 aliphatic heterocycles. The number of pyridine rings is 1. The molecule has 2 N–H and O–H groups in total. The van der Waals surface area contributed by atoms with Crippen LogP contribution in [0.15, 0.2) is 24.5 Å². The lowest BCUT2D eigenvalue weighted by atomic mass is 10.1. The molecule has 2 fully saturated rings. The molecule has 3 amide bonds. The third-order valence-corrected chi connectivity index (χ3v) is 7.08. The van der Waals surface area contributed by atoms with Crippen LogP contribution in [0.25, 0.3) is 0 Å². The Hall–Kier alpha value is -3.10. The van der Waals surface area contributed by atoms with Crippen molar-refractivity contribution in [3.8, 4) is 5.88 Å². The maximum atomic E-state index is 13.6. The molecule has 11 nitrogen and oxygen atoms in total. The third-order valence-electron chi connectivity index (χ3n) is 6.73. The maximum Gasteiger partial charge on any atom is 0.328 e. The van der Waals surface area contributed by atoms with Crippen LogP contribution in [0.1, 0.15) is 69.4 Å². The lowest BCUT2D eigenvalue weighted by molar-refractivity contribution is -0.147. The number of thiol groups is 1. The fourth-order valence-corrected chi connectivity index (χ4v) is 4.81. The van der Waals surface area contributed by atoms with E-state index in [0.717, 1.165) is 6.42 Å². The van der Waals surface area contributed by atoms with Crippen LogP contribution >= 0.6 is 12.6 Å². The second kappa shape index (κ2) is 12.0. The molecule has 4 rings (SSSR count). The summed E-state index contributed by atoms with van der Waals surface area (Å²) in [7, 11) is 0. The summed E-state index contributed by atoms with van der Waals surface area (Å²) in [6.07, 6.45) is 4.39. The Bertz CT molecular complexity index is 1270. The van der Waals surface area contributed by atoms with E-state index in [-0.39, 0.29) is 42.5 Å². The van der Waals surface area contributed by atoms with Crippen molar-refractivity contribution in [2.75, 3.05) is 23.4 Å². The van der Waals surface area contributed by atoms with Gasteiger partial charge in [0, 0.05) is 12.5 Å². The summed E-state index contributed by atoms with van der Waals surface area (Å²) in [6.45, 7) is 9.58. The van der Waals surface area contributed by atoms with Crippen LogP contribution in [-0.4, -0.2) is 68.8 Å². The molecule has 1 saturated carbocycles. The van der Waals surface area contributed by atoms with Gasteiger partial charge >= 0.3 is 6.03 Å². The first-order chi connectivity index (χ1) is 19.3. The number of carbonyl (C=O) groups is 2. The minimum absolute atomic E-state index is 0.0549. The summed E-state index contributed by atoms with van der Waals surface area (Å²) < 4.78 is 43.7. The van der Waals surface area contributed by atoms with Gasteiger partial charge in [0.2, 0.25) is 5.88 Å². The second-order valence-corrected chi connectivity index (χ2v) is 11.6. The molecule has 0 bridgehead atoms. The Morgan fingerprint density at radius 1 is 1.24 bits per heavy atom. The predicted molar refractivity (Wildman–Crippen MR) is 151 cm³/mol. The number of aryl methyl sites for hydroxylation is 1. The molecule has 3 heterocycles. The highest BCUT2D eigenvalue weighted by Crippen LogP contribution is 2.41. The highest BCUT2D eigenvalue weighted by Gasteiger charge is 2.58. The van der Waals surface area contributed by atoms with E-state index >= 15 is 0 Å². The van der Waals surface area contributed by atoms with Crippen molar-refractivity contribution in [2.24, 2.45) is 0 Å². The number of carbonyl (C=O) groups excluding carboxylic acids is 2. The SMILES string of the molecule is CCCC(CC)N(C(=O)Nc1cnc(OC[C@]2(S)COC(C)(C)O2)cn1)c1nc(C(=O)NC2CC2(F)F)ccc1C. The number of alkyl halides is 2. The van der Waals surface area contributed by atoms with Gasteiger partial charge in [-0.3, -0.25) is 15.0 Å². The highest BCUT2D eigenvalue weighted by molar-refractivity contribution is 7.81. The Morgan fingerprint density at radius 3 is 2.54 bits per heavy atom. The molecule has 1 saturated heterocycles. The Labute approximate surface area is 243 Å². The Morgan fingerprint density at radius 2 is 1.98 bits per heavy atom. The van der Waals surface area contributed by atoms with Crippen molar-refractivity contribution in [3.05, 3.63) is 35.8 Å². The van der Waals surface area contributed by atoms with Gasteiger partial charge in [0.05, 0.1) is 25.0 Å². The molecule has 41 heavy (non-hydrogen) atoms. The third kappa shape index (κ3) is 7.60. The van der Waals surface area contributed by atoms with Crippen LogP contribution in [0.5, 0.6) is 5.88 Å². The zero-order valence-electron chi connectivity index (χ0n) is 23.7. The van der Waals surface area contributed by atoms with Crippen LogP contribution in [0.3, 0.4) is 0 Å². The van der Waals surface area contributed by atoms with Crippen LogP contribution in [0.4, 0.5) is 25.2 Å². The van der Waals surface area contributed by atoms with Crippen molar-refractivity contribution >= 4 is 36.2 Å². The van der Waals surface area contributed by atoms with Gasteiger partial charge in [0.25, 0.3) is 11.8 Å². The summed E-state index contributed by atoms with van der Waals surface area (Å²) >= 11 is 4.50. The lowest BCUT2D eigenvalue weighted by Crippen LogP contribution is -2.44. The fourth-order valence-electron chi connectivity index (χ4n) is 4.46. The zero-order chi connectivity index (χ0) is 30.0. The topological polar surface area (TPSA) is 128 Å². The predicted octanol–water partition coefficient (Wildman–Crippen LogP) is 4.72. The van der Waals surface area contributed by atoms with Crippen molar-refractivity contribution < 1.29 is 32.6 Å². The summed E-state index contributed by atoms with van der Waals surface area (Å²) in [4.78, 5) is 39.7. The number of ether oxygens (including phenoxy) is 3. The highest BCUT2D eigenvalue weighted by atomic mass is 32.1. The molecular weight excluding hydrogens is 558 g/mol. The minimum Gasteiger partial charge on any atom is -0.472 e. The largest absolute Gasteiger partial charge is 0.472 e. The number of rotatable bonds is 11. The first-order valence-electron chi connectivity index (χ1n) is 13.5. The van der Waals surface area contributed by atoms with Crippen LogP contribution < -0.4 is 20.3 Å². The fraction of sp³-hybridized carbons (Fsp3) is 0.593. The molecule has 2 unspecified atom stereocenters. The van der Waals surface area contributed by atoms with Gasteiger partial charge in [-0.1, -0.05) is 26.3 Å². The number of urea groups is 1. The molecule has 1 aliphatic carbocycles. The monoisotopic (exact) mass is 594 g/mol. The van der Waals surface area contributed by atoms with Crippen molar-refractivity contribution in [1.82, 2.24) is 20.3 Å². The summed E-state index contributed by atoms with van der Waals surface area (Å²) in [5, 5.41) is 5.05. The number of hydrogen-bond acceptors (Lipinski definition) is 9. The van der Waals surface area contributed by atoms with E-state index in [1.54, 1.807) is 26.8 Å². The molecule has 0 radical (unpaired) electrons. The zero-order valence-corrected chi connectivity index (χ0v) is 24.6. The summed E-state index contributed by atoms with van der Waals surface area (Å²) in [6, 6.07) is 1.11. The lowest BCUT2D eigenvalue weighted by Gasteiger charge is -2.31. The number of nitrogens with zero attached hydrogens (tertiary/aromatic N) is 4. The molecule has 2 aromatic heterocycles. The number of hydrogen-bond donors (Lipinski definition) is 3. The number of halogens is 2. The van der Waals surface area contributed by atoms with E-state index in [0.29, 0.717) is 18.4 Å².